The number of ether oxygens (including phenoxy) is 5. The standard InChI is InChI=1S/C29H32O10/c1-6-25(30)35-11-12-37-28(33)22-15-21(20-7-9-24(10-8-20)39-27(32)19(4)5)16-23(17-22)29(34)38-14-13-36-26(31)18(2)3/h7-10,15-17,29,34H,2,4,6,11-14H2,1,3,5H3. The van der Waals surface area contributed by atoms with E-state index in [9.17, 15) is 24.3 Å². The lowest BCUT2D eigenvalue weighted by molar-refractivity contribution is -0.147. The summed E-state index contributed by atoms with van der Waals surface area (Å²) in [5.74, 6) is -1.96. The molecule has 0 radical (unpaired) electrons. The van der Waals surface area contributed by atoms with Crippen LogP contribution < -0.4 is 4.74 Å². The molecule has 1 N–H and O–H groups in total. The molecule has 10 heteroatoms. The molecule has 0 aliphatic carbocycles. The lowest BCUT2D eigenvalue weighted by atomic mass is 9.99. The Kier molecular flexibility index (Phi) is 12.1. The van der Waals surface area contributed by atoms with E-state index in [4.69, 9.17) is 23.7 Å². The number of hydrogen-bond donors (Lipinski definition) is 1. The van der Waals surface area contributed by atoms with Gasteiger partial charge >= 0.3 is 23.9 Å². The smallest absolute Gasteiger partial charge is 0.338 e. The Hall–Kier alpha value is -4.28. The molecule has 10 nitrogen and oxygen atoms in total. The van der Waals surface area contributed by atoms with E-state index < -0.39 is 30.2 Å². The monoisotopic (exact) mass is 540 g/mol. The second-order valence-electron chi connectivity index (χ2n) is 8.39. The summed E-state index contributed by atoms with van der Waals surface area (Å²) in [4.78, 5) is 47.3. The zero-order chi connectivity index (χ0) is 28.9. The third kappa shape index (κ3) is 10.2. The van der Waals surface area contributed by atoms with Gasteiger partial charge < -0.3 is 28.8 Å². The summed E-state index contributed by atoms with van der Waals surface area (Å²) in [5, 5.41) is 10.6. The molecule has 0 aromatic heterocycles. The first-order valence-electron chi connectivity index (χ1n) is 12.1. The fourth-order valence-corrected chi connectivity index (χ4v) is 2.98. The number of rotatable bonds is 14. The lowest BCUT2D eigenvalue weighted by Gasteiger charge is -2.16. The van der Waals surface area contributed by atoms with Gasteiger partial charge in [-0.15, -0.1) is 0 Å². The van der Waals surface area contributed by atoms with Crippen LogP contribution in [0.25, 0.3) is 11.1 Å². The van der Waals surface area contributed by atoms with E-state index in [-0.39, 0.29) is 55.1 Å². The van der Waals surface area contributed by atoms with Crippen molar-refractivity contribution in [3.05, 3.63) is 77.9 Å². The van der Waals surface area contributed by atoms with Crippen molar-refractivity contribution in [3.63, 3.8) is 0 Å². The first kappa shape index (κ1) is 30.9. The minimum absolute atomic E-state index is 0.0933. The van der Waals surface area contributed by atoms with Crippen LogP contribution in [0, 0.1) is 0 Å². The average molecular weight is 541 g/mol. The van der Waals surface area contributed by atoms with Crippen LogP contribution in [0.1, 0.15) is 49.4 Å². The largest absolute Gasteiger partial charge is 0.462 e. The molecule has 0 bridgehead atoms. The first-order chi connectivity index (χ1) is 18.5. The average Bonchev–Trinajstić information content (AvgIpc) is 2.92. The summed E-state index contributed by atoms with van der Waals surface area (Å²) in [6.07, 6.45) is -1.25. The predicted molar refractivity (Wildman–Crippen MR) is 141 cm³/mol. The number of carbonyl (C=O) groups excluding carboxylic acids is 4. The maximum Gasteiger partial charge on any atom is 0.338 e. The van der Waals surface area contributed by atoms with Gasteiger partial charge in [-0.2, -0.15) is 0 Å². The molecule has 0 saturated heterocycles. The SMILES string of the molecule is C=C(C)C(=O)OCCOC(O)c1cc(C(=O)OCCOC(=O)CC)cc(-c2ccc(OC(=O)C(=C)C)cc2)c1. The molecule has 0 spiro atoms. The van der Waals surface area contributed by atoms with Gasteiger partial charge in [0.15, 0.2) is 6.29 Å². The first-order valence-corrected chi connectivity index (χ1v) is 12.1. The maximum atomic E-state index is 12.7. The summed E-state index contributed by atoms with van der Waals surface area (Å²) >= 11 is 0. The van der Waals surface area contributed by atoms with Gasteiger partial charge in [-0.25, -0.2) is 14.4 Å². The van der Waals surface area contributed by atoms with Crippen molar-refractivity contribution in [2.24, 2.45) is 0 Å². The van der Waals surface area contributed by atoms with Crippen LogP contribution in [0.4, 0.5) is 0 Å². The van der Waals surface area contributed by atoms with Gasteiger partial charge in [0.25, 0.3) is 0 Å². The van der Waals surface area contributed by atoms with Crippen molar-refractivity contribution in [1.82, 2.24) is 0 Å². The van der Waals surface area contributed by atoms with E-state index in [2.05, 4.69) is 13.2 Å². The third-order valence-electron chi connectivity index (χ3n) is 5.03. The third-order valence-corrected chi connectivity index (χ3v) is 5.03. The number of hydrogen-bond acceptors (Lipinski definition) is 10. The molecule has 39 heavy (non-hydrogen) atoms. The van der Waals surface area contributed by atoms with Gasteiger partial charge in [-0.3, -0.25) is 4.79 Å². The highest BCUT2D eigenvalue weighted by molar-refractivity contribution is 5.92. The summed E-state index contributed by atoms with van der Waals surface area (Å²) < 4.78 is 25.7. The minimum Gasteiger partial charge on any atom is -0.462 e. The molecule has 2 rings (SSSR count). The Morgan fingerprint density at radius 1 is 0.795 bits per heavy atom. The van der Waals surface area contributed by atoms with Crippen molar-refractivity contribution in [1.29, 1.82) is 0 Å². The molecule has 0 fully saturated rings. The van der Waals surface area contributed by atoms with Gasteiger partial charge in [0, 0.05) is 23.1 Å². The Balaban J connectivity index is 2.23. The minimum atomic E-state index is -1.46. The molecule has 2 aromatic rings. The number of aliphatic hydroxyl groups excluding tert-OH is 1. The summed E-state index contributed by atoms with van der Waals surface area (Å²) in [6.45, 7) is 11.3. The number of carbonyl (C=O) groups is 4. The second kappa shape index (κ2) is 15.2. The van der Waals surface area contributed by atoms with Crippen LogP contribution in [0.15, 0.2) is 66.8 Å². The van der Waals surface area contributed by atoms with Crippen LogP contribution in [0.2, 0.25) is 0 Å². The van der Waals surface area contributed by atoms with E-state index >= 15 is 0 Å². The van der Waals surface area contributed by atoms with E-state index in [1.165, 1.54) is 19.9 Å². The fraction of sp³-hybridized carbons (Fsp3) is 0.310. The molecule has 0 aliphatic rings. The van der Waals surface area contributed by atoms with Crippen molar-refractivity contribution < 1.29 is 48.0 Å². The highest BCUT2D eigenvalue weighted by atomic mass is 16.6. The molecular weight excluding hydrogens is 508 g/mol. The van der Waals surface area contributed by atoms with E-state index in [0.717, 1.165) is 0 Å². The molecule has 208 valence electrons. The molecule has 2 aromatic carbocycles. The zero-order valence-electron chi connectivity index (χ0n) is 22.2. The molecule has 0 saturated carbocycles. The van der Waals surface area contributed by atoms with Crippen LogP contribution in [-0.2, 0) is 33.3 Å². The van der Waals surface area contributed by atoms with Crippen LogP contribution in [0.3, 0.4) is 0 Å². The number of aliphatic hydroxyl groups is 1. The molecule has 0 aliphatic heterocycles. The maximum absolute atomic E-state index is 12.7. The Labute approximate surface area is 226 Å². The molecular formula is C29H32O10. The molecule has 0 amide bonds. The lowest BCUT2D eigenvalue weighted by Crippen LogP contribution is -2.15. The fourth-order valence-electron chi connectivity index (χ4n) is 2.98. The number of esters is 4. The molecule has 0 heterocycles. The van der Waals surface area contributed by atoms with Crippen molar-refractivity contribution in [2.45, 2.75) is 33.5 Å². The van der Waals surface area contributed by atoms with Crippen molar-refractivity contribution >= 4 is 23.9 Å². The van der Waals surface area contributed by atoms with Gasteiger partial charge in [-0.05, 0) is 55.3 Å². The Morgan fingerprint density at radius 2 is 1.41 bits per heavy atom. The van der Waals surface area contributed by atoms with Gasteiger partial charge in [0.1, 0.15) is 25.6 Å². The Morgan fingerprint density at radius 3 is 2.03 bits per heavy atom. The summed E-state index contributed by atoms with van der Waals surface area (Å²) in [5.41, 5.74) is 2.00. The van der Waals surface area contributed by atoms with Gasteiger partial charge in [0.05, 0.1) is 12.2 Å². The van der Waals surface area contributed by atoms with Crippen LogP contribution in [-0.4, -0.2) is 55.4 Å². The van der Waals surface area contributed by atoms with Crippen molar-refractivity contribution in [2.75, 3.05) is 26.4 Å². The van der Waals surface area contributed by atoms with E-state index in [0.29, 0.717) is 16.9 Å². The van der Waals surface area contributed by atoms with Crippen LogP contribution >= 0.6 is 0 Å². The van der Waals surface area contributed by atoms with E-state index in [1.807, 2.05) is 0 Å². The molecule has 1 unspecified atom stereocenters. The number of benzene rings is 2. The summed E-state index contributed by atoms with van der Waals surface area (Å²) in [6, 6.07) is 11.1. The quantitative estimate of drug-likeness (QED) is 0.0933. The zero-order valence-corrected chi connectivity index (χ0v) is 22.2. The summed E-state index contributed by atoms with van der Waals surface area (Å²) in [7, 11) is 0. The highest BCUT2D eigenvalue weighted by Gasteiger charge is 2.17. The topological polar surface area (TPSA) is 135 Å². The molecule has 1 atom stereocenters. The van der Waals surface area contributed by atoms with Crippen molar-refractivity contribution in [3.8, 4) is 16.9 Å². The van der Waals surface area contributed by atoms with E-state index in [1.54, 1.807) is 43.3 Å². The van der Waals surface area contributed by atoms with Crippen LogP contribution in [0.5, 0.6) is 5.75 Å². The predicted octanol–water partition coefficient (Wildman–Crippen LogP) is 4.07. The second-order valence-corrected chi connectivity index (χ2v) is 8.39. The highest BCUT2D eigenvalue weighted by Crippen LogP contribution is 2.28. The van der Waals surface area contributed by atoms with Gasteiger partial charge in [-0.1, -0.05) is 32.2 Å². The van der Waals surface area contributed by atoms with Gasteiger partial charge in [0.2, 0.25) is 0 Å². The Bertz CT molecular complexity index is 1210. The normalized spacial score (nSPS) is 11.2.